The van der Waals surface area contributed by atoms with Gasteiger partial charge < -0.3 is 19.3 Å². The number of aromatic nitrogens is 3. The van der Waals surface area contributed by atoms with Crippen LogP contribution in [0, 0.1) is 6.92 Å². The summed E-state index contributed by atoms with van der Waals surface area (Å²) in [6.45, 7) is 7.49. The first-order valence-corrected chi connectivity index (χ1v) is 10.1. The van der Waals surface area contributed by atoms with Crippen LogP contribution in [0.15, 0.2) is 10.9 Å². The second kappa shape index (κ2) is 7.07. The van der Waals surface area contributed by atoms with Gasteiger partial charge >= 0.3 is 0 Å². The van der Waals surface area contributed by atoms with Gasteiger partial charge in [0.05, 0.1) is 23.3 Å². The van der Waals surface area contributed by atoms with E-state index in [0.29, 0.717) is 62.3 Å². The van der Waals surface area contributed by atoms with Gasteiger partial charge in [-0.3, -0.25) is 9.59 Å². The summed E-state index contributed by atoms with van der Waals surface area (Å²) >= 11 is 0. The van der Waals surface area contributed by atoms with Crippen LogP contribution in [0.2, 0.25) is 0 Å². The number of carbonyl (C=O) groups is 2. The quantitative estimate of drug-likeness (QED) is 0.874. The van der Waals surface area contributed by atoms with E-state index in [1.165, 1.54) is 0 Å². The van der Waals surface area contributed by atoms with E-state index < -0.39 is 5.54 Å². The van der Waals surface area contributed by atoms with Crippen molar-refractivity contribution >= 4 is 11.8 Å². The molecule has 150 valence electrons. The minimum atomic E-state index is -0.422. The Labute approximate surface area is 164 Å². The number of aromatic amines is 1. The van der Waals surface area contributed by atoms with Crippen LogP contribution in [0.3, 0.4) is 0 Å². The van der Waals surface area contributed by atoms with Gasteiger partial charge in [-0.1, -0.05) is 19.0 Å². The van der Waals surface area contributed by atoms with Gasteiger partial charge in [-0.2, -0.15) is 0 Å². The van der Waals surface area contributed by atoms with Crippen LogP contribution in [0.4, 0.5) is 0 Å². The molecule has 4 heterocycles. The van der Waals surface area contributed by atoms with Crippen molar-refractivity contribution < 1.29 is 14.1 Å². The Bertz CT molecular complexity index is 892. The predicted molar refractivity (Wildman–Crippen MR) is 102 cm³/mol. The van der Waals surface area contributed by atoms with E-state index in [9.17, 15) is 9.59 Å². The monoisotopic (exact) mass is 385 g/mol. The summed E-state index contributed by atoms with van der Waals surface area (Å²) in [5.74, 6) is 0.686. The van der Waals surface area contributed by atoms with E-state index in [4.69, 9.17) is 4.52 Å². The third-order valence-electron chi connectivity index (χ3n) is 6.22. The molecule has 8 nitrogen and oxygen atoms in total. The van der Waals surface area contributed by atoms with Gasteiger partial charge in [0.15, 0.2) is 0 Å². The van der Waals surface area contributed by atoms with Crippen LogP contribution in [-0.4, -0.2) is 56.4 Å². The Morgan fingerprint density at radius 2 is 2.00 bits per heavy atom. The van der Waals surface area contributed by atoms with Crippen LogP contribution in [-0.2, 0) is 23.2 Å². The number of amides is 2. The van der Waals surface area contributed by atoms with Gasteiger partial charge in [-0.05, 0) is 26.2 Å². The standard InChI is InChI=1S/C20H27N5O3/c1-4-14-17(13(3)28-23-14)19(27)24-10-7-20(8-11-24)18-15(21-12-22-18)6-9-25(20)16(26)5-2/h12H,4-11H2,1-3H3,(H,21,22). The SMILES string of the molecule is CCC(=O)N1CCc2[nH]cnc2C12CCN(C(=O)c1c(CC)noc1C)CC2. The Hall–Kier alpha value is -2.64. The summed E-state index contributed by atoms with van der Waals surface area (Å²) in [7, 11) is 0. The van der Waals surface area contributed by atoms with E-state index in [1.807, 2.05) is 23.6 Å². The number of likely N-dealkylation sites (tertiary alicyclic amines) is 1. The molecule has 0 aliphatic carbocycles. The maximum atomic E-state index is 13.1. The molecule has 0 saturated carbocycles. The molecule has 2 aromatic heterocycles. The maximum absolute atomic E-state index is 13.1. The minimum absolute atomic E-state index is 0.0307. The molecule has 1 saturated heterocycles. The predicted octanol–water partition coefficient (Wildman–Crippen LogP) is 2.19. The number of carbonyl (C=O) groups excluding carboxylic acids is 2. The normalized spacial score (nSPS) is 18.4. The number of hydrogen-bond donors (Lipinski definition) is 1. The molecule has 1 spiro atoms. The van der Waals surface area contributed by atoms with Crippen molar-refractivity contribution in [1.82, 2.24) is 24.9 Å². The van der Waals surface area contributed by atoms with Crippen molar-refractivity contribution in [3.8, 4) is 0 Å². The molecule has 8 heteroatoms. The molecule has 2 amide bonds. The number of nitrogens with one attached hydrogen (secondary N) is 1. The van der Waals surface area contributed by atoms with Gasteiger partial charge in [0.1, 0.15) is 11.3 Å². The van der Waals surface area contributed by atoms with E-state index in [0.717, 1.165) is 17.8 Å². The lowest BCUT2D eigenvalue weighted by atomic mass is 9.78. The smallest absolute Gasteiger partial charge is 0.259 e. The fraction of sp³-hybridized carbons (Fsp3) is 0.600. The van der Waals surface area contributed by atoms with Crippen LogP contribution >= 0.6 is 0 Å². The number of aryl methyl sites for hydroxylation is 2. The fourth-order valence-corrected chi connectivity index (χ4v) is 4.71. The second-order valence-corrected chi connectivity index (χ2v) is 7.62. The number of imidazole rings is 1. The van der Waals surface area contributed by atoms with Crippen molar-refractivity contribution in [2.75, 3.05) is 19.6 Å². The lowest BCUT2D eigenvalue weighted by molar-refractivity contribution is -0.141. The highest BCUT2D eigenvalue weighted by Gasteiger charge is 2.49. The average molecular weight is 385 g/mol. The highest BCUT2D eigenvalue weighted by molar-refractivity contribution is 5.96. The number of rotatable bonds is 3. The van der Waals surface area contributed by atoms with E-state index in [1.54, 1.807) is 13.3 Å². The zero-order valence-electron chi connectivity index (χ0n) is 16.7. The zero-order valence-corrected chi connectivity index (χ0v) is 16.7. The second-order valence-electron chi connectivity index (χ2n) is 7.62. The number of H-pyrrole nitrogens is 1. The average Bonchev–Trinajstić information content (AvgIpc) is 3.34. The third-order valence-corrected chi connectivity index (χ3v) is 6.22. The zero-order chi connectivity index (χ0) is 19.9. The Kier molecular flexibility index (Phi) is 4.72. The Balaban J connectivity index is 1.60. The highest BCUT2D eigenvalue weighted by Crippen LogP contribution is 2.42. The van der Waals surface area contributed by atoms with Gasteiger partial charge in [-0.15, -0.1) is 0 Å². The first kappa shape index (κ1) is 18.7. The van der Waals surface area contributed by atoms with Crippen LogP contribution < -0.4 is 0 Å². The molecule has 4 rings (SSSR count). The largest absolute Gasteiger partial charge is 0.361 e. The van der Waals surface area contributed by atoms with Crippen molar-refractivity contribution in [2.24, 2.45) is 0 Å². The van der Waals surface area contributed by atoms with E-state index in [2.05, 4.69) is 15.1 Å². The molecule has 0 atom stereocenters. The Morgan fingerprint density at radius 1 is 1.25 bits per heavy atom. The number of hydrogen-bond acceptors (Lipinski definition) is 5. The molecule has 2 aromatic rings. The number of piperidine rings is 1. The van der Waals surface area contributed by atoms with Gasteiger partial charge in [0, 0.05) is 38.2 Å². The van der Waals surface area contributed by atoms with Crippen molar-refractivity contribution in [1.29, 1.82) is 0 Å². The first-order chi connectivity index (χ1) is 13.5. The number of nitrogens with zero attached hydrogens (tertiary/aromatic N) is 4. The molecular formula is C20H27N5O3. The molecule has 0 radical (unpaired) electrons. The van der Waals surface area contributed by atoms with E-state index in [-0.39, 0.29) is 11.8 Å². The highest BCUT2D eigenvalue weighted by atomic mass is 16.5. The minimum Gasteiger partial charge on any atom is -0.361 e. The van der Waals surface area contributed by atoms with Crippen molar-refractivity contribution in [2.45, 2.75) is 58.4 Å². The van der Waals surface area contributed by atoms with Crippen molar-refractivity contribution in [3.05, 3.63) is 34.7 Å². The molecule has 1 N–H and O–H groups in total. The summed E-state index contributed by atoms with van der Waals surface area (Å²) in [6.07, 6.45) is 5.03. The van der Waals surface area contributed by atoms with Crippen LogP contribution in [0.1, 0.15) is 66.3 Å². The summed E-state index contributed by atoms with van der Waals surface area (Å²) in [5.41, 5.74) is 2.96. The van der Waals surface area contributed by atoms with Crippen LogP contribution in [0.5, 0.6) is 0 Å². The molecule has 2 aliphatic rings. The van der Waals surface area contributed by atoms with E-state index >= 15 is 0 Å². The van der Waals surface area contributed by atoms with Gasteiger partial charge in [0.25, 0.3) is 5.91 Å². The first-order valence-electron chi connectivity index (χ1n) is 10.1. The number of fused-ring (bicyclic) bond motifs is 2. The molecule has 0 aromatic carbocycles. The Morgan fingerprint density at radius 3 is 2.68 bits per heavy atom. The van der Waals surface area contributed by atoms with Crippen LogP contribution in [0.25, 0.3) is 0 Å². The lowest BCUT2D eigenvalue weighted by Crippen LogP contribution is -2.58. The maximum Gasteiger partial charge on any atom is 0.259 e. The topological polar surface area (TPSA) is 95.3 Å². The van der Waals surface area contributed by atoms with Crippen molar-refractivity contribution in [3.63, 3.8) is 0 Å². The molecule has 28 heavy (non-hydrogen) atoms. The summed E-state index contributed by atoms with van der Waals surface area (Å²) in [5, 5.41) is 4.01. The molecule has 1 fully saturated rings. The third kappa shape index (κ3) is 2.73. The summed E-state index contributed by atoms with van der Waals surface area (Å²) in [6, 6.07) is 0. The molecular weight excluding hydrogens is 358 g/mol. The molecule has 0 bridgehead atoms. The lowest BCUT2D eigenvalue weighted by Gasteiger charge is -2.50. The van der Waals surface area contributed by atoms with Gasteiger partial charge in [0.2, 0.25) is 5.91 Å². The van der Waals surface area contributed by atoms with Gasteiger partial charge in [-0.25, -0.2) is 4.98 Å². The molecule has 2 aliphatic heterocycles. The molecule has 0 unspecified atom stereocenters. The summed E-state index contributed by atoms with van der Waals surface area (Å²) in [4.78, 5) is 37.5. The fourth-order valence-electron chi connectivity index (χ4n) is 4.71. The summed E-state index contributed by atoms with van der Waals surface area (Å²) < 4.78 is 5.24.